The number of benzene rings is 6. The van der Waals surface area contributed by atoms with Crippen molar-refractivity contribution >= 4 is 21.8 Å². The van der Waals surface area contributed by atoms with Crippen molar-refractivity contribution in [3.8, 4) is 44.8 Å². The summed E-state index contributed by atoms with van der Waals surface area (Å²) in [7, 11) is 0. The predicted molar refractivity (Wildman–Crippen MR) is 159 cm³/mol. The van der Waals surface area contributed by atoms with Crippen molar-refractivity contribution in [3.05, 3.63) is 139 Å². The van der Waals surface area contributed by atoms with E-state index in [9.17, 15) is 5.11 Å². The van der Waals surface area contributed by atoms with Gasteiger partial charge in [0.15, 0.2) is 6.23 Å². The molecule has 3 heteroatoms. The minimum atomic E-state index is -0.860. The van der Waals surface area contributed by atoms with E-state index < -0.39 is 6.23 Å². The lowest BCUT2D eigenvalue weighted by Crippen LogP contribution is -2.16. The van der Waals surface area contributed by atoms with Crippen molar-refractivity contribution in [2.75, 3.05) is 0 Å². The maximum Gasteiger partial charge on any atom is 0.159 e. The number of hydrogen-bond acceptors (Lipinski definition) is 2. The van der Waals surface area contributed by atoms with Crippen LogP contribution in [0.5, 0.6) is 0 Å². The van der Waals surface area contributed by atoms with E-state index in [-0.39, 0.29) is 0 Å². The molecule has 1 aromatic heterocycles. The van der Waals surface area contributed by atoms with Gasteiger partial charge in [-0.25, -0.2) is 4.98 Å². The molecule has 0 bridgehead atoms. The van der Waals surface area contributed by atoms with Crippen LogP contribution in [0, 0.1) is 0 Å². The fourth-order valence-corrected chi connectivity index (χ4v) is 6.12. The van der Waals surface area contributed by atoms with Crippen LogP contribution < -0.4 is 0 Å². The number of imidazole rings is 1. The fraction of sp³-hybridized carbons (Fsp3) is 0.0278. The molecule has 2 heterocycles. The highest BCUT2D eigenvalue weighted by Gasteiger charge is 2.30. The summed E-state index contributed by atoms with van der Waals surface area (Å²) in [6.45, 7) is 0. The van der Waals surface area contributed by atoms with Gasteiger partial charge in [0.2, 0.25) is 0 Å². The molecular formula is C36H24N2O. The zero-order valence-electron chi connectivity index (χ0n) is 21.1. The van der Waals surface area contributed by atoms with Crippen LogP contribution in [0.2, 0.25) is 0 Å². The molecule has 6 aromatic carbocycles. The van der Waals surface area contributed by atoms with Gasteiger partial charge in [0.1, 0.15) is 5.82 Å². The number of fused-ring (bicyclic) bond motifs is 4. The van der Waals surface area contributed by atoms with Gasteiger partial charge < -0.3 is 5.11 Å². The van der Waals surface area contributed by atoms with Crippen LogP contribution in [-0.4, -0.2) is 14.7 Å². The fourth-order valence-electron chi connectivity index (χ4n) is 6.12. The molecule has 1 aliphatic rings. The van der Waals surface area contributed by atoms with Crippen molar-refractivity contribution in [2.24, 2.45) is 0 Å². The molecule has 3 nitrogen and oxygen atoms in total. The monoisotopic (exact) mass is 500 g/mol. The quantitative estimate of drug-likeness (QED) is 0.263. The molecule has 0 saturated carbocycles. The third-order valence-electron chi connectivity index (χ3n) is 7.91. The summed E-state index contributed by atoms with van der Waals surface area (Å²) in [5, 5.41) is 14.2. The van der Waals surface area contributed by atoms with Crippen LogP contribution in [0.1, 0.15) is 11.8 Å². The molecule has 1 unspecified atom stereocenters. The highest BCUT2D eigenvalue weighted by molar-refractivity contribution is 6.10. The SMILES string of the molecule is OC1c2cc(-c3ccccc3)cc3c(-c4ccccc4)ccc(c23)-c2nc3c(-c4ccccc4)cccc3n21. The molecule has 1 aliphatic heterocycles. The Labute approximate surface area is 226 Å². The summed E-state index contributed by atoms with van der Waals surface area (Å²) >= 11 is 0. The van der Waals surface area contributed by atoms with Gasteiger partial charge in [0.05, 0.1) is 11.0 Å². The number of aliphatic hydroxyl groups is 1. The van der Waals surface area contributed by atoms with E-state index in [1.54, 1.807) is 0 Å². The number of aromatic nitrogens is 2. The third kappa shape index (κ3) is 3.30. The number of para-hydroxylation sites is 1. The second-order valence-electron chi connectivity index (χ2n) is 10.1. The van der Waals surface area contributed by atoms with Crippen LogP contribution in [0.25, 0.3) is 66.6 Å². The number of hydrogen-bond donors (Lipinski definition) is 1. The molecule has 0 radical (unpaired) electrons. The second-order valence-corrected chi connectivity index (χ2v) is 10.1. The molecule has 1 atom stereocenters. The van der Waals surface area contributed by atoms with E-state index in [2.05, 4.69) is 103 Å². The van der Waals surface area contributed by atoms with Crippen LogP contribution >= 0.6 is 0 Å². The van der Waals surface area contributed by atoms with E-state index >= 15 is 0 Å². The Balaban J connectivity index is 1.46. The maximum atomic E-state index is 12.0. The maximum absolute atomic E-state index is 12.0. The molecule has 1 N–H and O–H groups in total. The summed E-state index contributed by atoms with van der Waals surface area (Å²) < 4.78 is 2.00. The number of aliphatic hydroxyl groups excluding tert-OH is 1. The Kier molecular flexibility index (Phi) is 4.81. The lowest BCUT2D eigenvalue weighted by Gasteiger charge is -2.27. The van der Waals surface area contributed by atoms with Crippen LogP contribution in [0.15, 0.2) is 133 Å². The molecule has 0 aliphatic carbocycles. The Hall–Kier alpha value is -4.99. The van der Waals surface area contributed by atoms with E-state index in [0.717, 1.165) is 72.1 Å². The zero-order chi connectivity index (χ0) is 25.9. The van der Waals surface area contributed by atoms with Crippen LogP contribution in [0.4, 0.5) is 0 Å². The first-order chi connectivity index (χ1) is 19.3. The Morgan fingerprint density at radius 2 is 1.15 bits per heavy atom. The highest BCUT2D eigenvalue weighted by atomic mass is 16.3. The first-order valence-corrected chi connectivity index (χ1v) is 13.2. The van der Waals surface area contributed by atoms with Crippen molar-refractivity contribution in [3.63, 3.8) is 0 Å². The van der Waals surface area contributed by atoms with Gasteiger partial charge >= 0.3 is 0 Å². The number of rotatable bonds is 3. The van der Waals surface area contributed by atoms with E-state index in [4.69, 9.17) is 4.98 Å². The van der Waals surface area contributed by atoms with Crippen LogP contribution in [0.3, 0.4) is 0 Å². The highest BCUT2D eigenvalue weighted by Crippen LogP contribution is 2.47. The largest absolute Gasteiger partial charge is 0.369 e. The summed E-state index contributed by atoms with van der Waals surface area (Å²) in [6, 6.07) is 46.2. The van der Waals surface area contributed by atoms with Gasteiger partial charge in [-0.3, -0.25) is 4.57 Å². The Bertz CT molecular complexity index is 2010. The van der Waals surface area contributed by atoms with Crippen molar-refractivity contribution in [2.45, 2.75) is 6.23 Å². The molecule has 7 aromatic rings. The zero-order valence-corrected chi connectivity index (χ0v) is 21.1. The van der Waals surface area contributed by atoms with Gasteiger partial charge in [0.25, 0.3) is 0 Å². The van der Waals surface area contributed by atoms with Crippen molar-refractivity contribution in [1.29, 1.82) is 0 Å². The lowest BCUT2D eigenvalue weighted by atomic mass is 9.87. The summed E-state index contributed by atoms with van der Waals surface area (Å²) in [4.78, 5) is 5.19. The molecule has 39 heavy (non-hydrogen) atoms. The minimum Gasteiger partial charge on any atom is -0.369 e. The summed E-state index contributed by atoms with van der Waals surface area (Å²) in [5.74, 6) is 0.797. The van der Waals surface area contributed by atoms with Gasteiger partial charge in [-0.15, -0.1) is 0 Å². The van der Waals surface area contributed by atoms with Gasteiger partial charge in [-0.1, -0.05) is 109 Å². The average Bonchev–Trinajstić information content (AvgIpc) is 3.41. The molecule has 0 spiro atoms. The first kappa shape index (κ1) is 22.0. The standard InChI is InChI=1S/C36H24N2O/c39-36-31-22-26(23-11-4-1-5-12-23)21-30-27(24-13-6-2-7-14-24)19-20-29(33(30)31)35-37-34-28(25-15-8-3-9-16-25)17-10-18-32(34)38(35)36/h1-22,36,39H. The van der Waals surface area contributed by atoms with Gasteiger partial charge in [-0.2, -0.15) is 0 Å². The molecule has 0 amide bonds. The average molecular weight is 501 g/mol. The molecule has 8 rings (SSSR count). The minimum absolute atomic E-state index is 0.797. The van der Waals surface area contributed by atoms with Crippen LogP contribution in [-0.2, 0) is 0 Å². The van der Waals surface area contributed by atoms with Crippen molar-refractivity contribution < 1.29 is 5.11 Å². The summed E-state index contributed by atoms with van der Waals surface area (Å²) in [5.41, 5.74) is 10.5. The summed E-state index contributed by atoms with van der Waals surface area (Å²) in [6.07, 6.45) is -0.860. The lowest BCUT2D eigenvalue weighted by molar-refractivity contribution is 0.152. The van der Waals surface area contributed by atoms with E-state index in [0.29, 0.717) is 0 Å². The van der Waals surface area contributed by atoms with Gasteiger partial charge in [-0.05, 0) is 57.5 Å². The predicted octanol–water partition coefficient (Wildman–Crippen LogP) is 8.71. The van der Waals surface area contributed by atoms with E-state index in [1.807, 2.05) is 34.9 Å². The molecular weight excluding hydrogens is 476 g/mol. The third-order valence-corrected chi connectivity index (χ3v) is 7.91. The Morgan fingerprint density at radius 3 is 1.85 bits per heavy atom. The molecule has 184 valence electrons. The first-order valence-electron chi connectivity index (χ1n) is 13.2. The normalized spacial score (nSPS) is 14.0. The molecule has 0 fully saturated rings. The second kappa shape index (κ2) is 8.52. The van der Waals surface area contributed by atoms with E-state index in [1.165, 1.54) is 0 Å². The number of nitrogens with zero attached hydrogens (tertiary/aromatic N) is 2. The van der Waals surface area contributed by atoms with Gasteiger partial charge in [0, 0.05) is 22.1 Å². The topological polar surface area (TPSA) is 38.1 Å². The molecule has 0 saturated heterocycles. The Morgan fingerprint density at radius 1 is 0.538 bits per heavy atom. The smallest absolute Gasteiger partial charge is 0.159 e. The van der Waals surface area contributed by atoms with Crippen molar-refractivity contribution in [1.82, 2.24) is 9.55 Å².